The summed E-state index contributed by atoms with van der Waals surface area (Å²) < 4.78 is 11.1. The van der Waals surface area contributed by atoms with Crippen LogP contribution in [0.15, 0.2) is 4.79 Å². The molecule has 1 unspecified atom stereocenters. The summed E-state index contributed by atoms with van der Waals surface area (Å²) in [5, 5.41) is 0. The molecule has 23 heavy (non-hydrogen) atoms. The number of ether oxygens (including phenoxy) is 2. The summed E-state index contributed by atoms with van der Waals surface area (Å²) in [5.74, 6) is -0.0270. The first-order chi connectivity index (χ1) is 11.1. The van der Waals surface area contributed by atoms with Crippen LogP contribution < -0.4 is 11.3 Å². The van der Waals surface area contributed by atoms with Crippen LogP contribution in [0.2, 0.25) is 0 Å². The number of hydrogen-bond acceptors (Lipinski definition) is 6. The molecule has 3 rings (SSSR count). The zero-order chi connectivity index (χ0) is 16.2. The highest BCUT2D eigenvalue weighted by molar-refractivity contribution is 5.77. The lowest BCUT2D eigenvalue weighted by Crippen LogP contribution is -2.41. The van der Waals surface area contributed by atoms with Gasteiger partial charge in [0.05, 0.1) is 24.9 Å². The highest BCUT2D eigenvalue weighted by Crippen LogP contribution is 2.15. The van der Waals surface area contributed by atoms with Crippen molar-refractivity contribution in [3.8, 4) is 0 Å². The molecule has 0 spiro atoms. The van der Waals surface area contributed by atoms with E-state index in [0.717, 1.165) is 25.9 Å². The second-order valence-electron chi connectivity index (χ2n) is 5.95. The first-order valence-corrected chi connectivity index (χ1v) is 7.98. The Bertz CT molecular complexity index is 624. The van der Waals surface area contributed by atoms with Crippen molar-refractivity contribution in [1.82, 2.24) is 14.9 Å². The van der Waals surface area contributed by atoms with Crippen molar-refractivity contribution in [2.75, 3.05) is 32.1 Å². The monoisotopic (exact) mass is 322 g/mol. The van der Waals surface area contributed by atoms with Gasteiger partial charge >= 0.3 is 0 Å². The maximum absolute atomic E-state index is 12.2. The van der Waals surface area contributed by atoms with Gasteiger partial charge in [-0.25, -0.2) is 4.98 Å². The Morgan fingerprint density at radius 2 is 2.35 bits per heavy atom. The van der Waals surface area contributed by atoms with Crippen LogP contribution in [0.3, 0.4) is 0 Å². The molecule has 3 heterocycles. The number of aromatic amines is 1. The maximum atomic E-state index is 12.2. The van der Waals surface area contributed by atoms with E-state index >= 15 is 0 Å². The minimum Gasteiger partial charge on any atom is -0.376 e. The molecule has 2 aliphatic rings. The number of carbonyl (C=O) groups is 1. The molecule has 1 aromatic heterocycles. The average molecular weight is 322 g/mol. The van der Waals surface area contributed by atoms with Crippen molar-refractivity contribution in [1.29, 1.82) is 0 Å². The third kappa shape index (κ3) is 3.89. The number of nitrogens with one attached hydrogen (secondary N) is 1. The predicted octanol–water partition coefficient (Wildman–Crippen LogP) is -0.177. The fraction of sp³-hybridized carbons (Fsp3) is 0.667. The molecule has 8 heteroatoms. The Kier molecular flexibility index (Phi) is 4.92. The number of rotatable bonds is 4. The van der Waals surface area contributed by atoms with Crippen molar-refractivity contribution in [3.05, 3.63) is 21.6 Å². The van der Waals surface area contributed by atoms with E-state index in [1.54, 1.807) is 4.90 Å². The minimum absolute atomic E-state index is 0.0217. The number of carbonyl (C=O) groups excluding carboxylic acids is 1. The van der Waals surface area contributed by atoms with Gasteiger partial charge in [-0.05, 0) is 25.7 Å². The Balaban J connectivity index is 1.51. The molecule has 0 saturated carbocycles. The molecule has 0 radical (unpaired) electrons. The number of nitrogens with two attached hydrogens (primary N) is 1. The molecule has 1 aromatic rings. The van der Waals surface area contributed by atoms with E-state index in [1.807, 2.05) is 0 Å². The smallest absolute Gasteiger partial charge is 0.255 e. The van der Waals surface area contributed by atoms with Crippen LogP contribution in [-0.2, 0) is 27.2 Å². The summed E-state index contributed by atoms with van der Waals surface area (Å²) in [7, 11) is 0. The van der Waals surface area contributed by atoms with Crippen LogP contribution in [0, 0.1) is 0 Å². The molecular formula is C15H22N4O4. The molecular weight excluding hydrogens is 300 g/mol. The lowest BCUT2D eigenvalue weighted by molar-refractivity contribution is -0.139. The van der Waals surface area contributed by atoms with Gasteiger partial charge in [-0.1, -0.05) is 0 Å². The summed E-state index contributed by atoms with van der Waals surface area (Å²) in [6.07, 6.45) is 3.80. The van der Waals surface area contributed by atoms with Gasteiger partial charge in [0.2, 0.25) is 11.9 Å². The number of fused-ring (bicyclic) bond motifs is 1. The average Bonchev–Trinajstić information content (AvgIpc) is 2.55. The molecule has 126 valence electrons. The van der Waals surface area contributed by atoms with Crippen molar-refractivity contribution in [3.63, 3.8) is 0 Å². The maximum Gasteiger partial charge on any atom is 0.255 e. The molecule has 0 bridgehead atoms. The van der Waals surface area contributed by atoms with E-state index in [9.17, 15) is 9.59 Å². The lowest BCUT2D eigenvalue weighted by atomic mass is 10.1. The van der Waals surface area contributed by atoms with Gasteiger partial charge in [-0.15, -0.1) is 0 Å². The van der Waals surface area contributed by atoms with Crippen LogP contribution in [0.4, 0.5) is 5.95 Å². The number of H-pyrrole nitrogens is 1. The molecule has 1 amide bonds. The predicted molar refractivity (Wildman–Crippen MR) is 82.8 cm³/mol. The number of nitrogens with zero attached hydrogens (tertiary/aromatic N) is 2. The first-order valence-electron chi connectivity index (χ1n) is 7.98. The number of aromatic nitrogens is 2. The summed E-state index contributed by atoms with van der Waals surface area (Å²) in [6, 6.07) is 0. The highest BCUT2D eigenvalue weighted by atomic mass is 16.5. The van der Waals surface area contributed by atoms with Gasteiger partial charge in [0.25, 0.3) is 5.56 Å². The van der Waals surface area contributed by atoms with E-state index < -0.39 is 0 Å². The van der Waals surface area contributed by atoms with Crippen LogP contribution >= 0.6 is 0 Å². The third-order valence-corrected chi connectivity index (χ3v) is 4.25. The molecule has 0 aliphatic carbocycles. The summed E-state index contributed by atoms with van der Waals surface area (Å²) >= 11 is 0. The zero-order valence-electron chi connectivity index (χ0n) is 13.0. The molecule has 1 fully saturated rings. The second kappa shape index (κ2) is 7.10. The second-order valence-corrected chi connectivity index (χ2v) is 5.95. The molecule has 0 aromatic carbocycles. The molecule has 1 atom stereocenters. The SMILES string of the molecule is Nc1nc2c(c(=O)[nH]1)CCN(C(=O)COCC1CCCCO1)C2. The molecule has 2 aliphatic heterocycles. The van der Waals surface area contributed by atoms with E-state index in [1.165, 1.54) is 0 Å². The van der Waals surface area contributed by atoms with Gasteiger partial charge in [-0.3, -0.25) is 14.6 Å². The quantitative estimate of drug-likeness (QED) is 0.796. The Morgan fingerprint density at radius 3 is 3.13 bits per heavy atom. The minimum atomic E-state index is -0.217. The Morgan fingerprint density at radius 1 is 1.48 bits per heavy atom. The van der Waals surface area contributed by atoms with Crippen LogP contribution in [0.5, 0.6) is 0 Å². The summed E-state index contributed by atoms with van der Waals surface area (Å²) in [4.78, 5) is 32.3. The normalized spacial score (nSPS) is 21.0. The van der Waals surface area contributed by atoms with Crippen LogP contribution in [0.25, 0.3) is 0 Å². The number of nitrogen functional groups attached to an aromatic ring is 1. The largest absolute Gasteiger partial charge is 0.376 e. The third-order valence-electron chi connectivity index (χ3n) is 4.25. The topological polar surface area (TPSA) is 111 Å². The number of amides is 1. The van der Waals surface area contributed by atoms with Crippen LogP contribution in [0.1, 0.15) is 30.5 Å². The van der Waals surface area contributed by atoms with Gasteiger partial charge < -0.3 is 20.1 Å². The van der Waals surface area contributed by atoms with Gasteiger partial charge in [-0.2, -0.15) is 0 Å². The van der Waals surface area contributed by atoms with Gasteiger partial charge in [0, 0.05) is 18.7 Å². The standard InChI is InChI=1S/C15H22N4O4/c16-15-17-12-7-19(5-4-11(12)14(21)18-15)13(20)9-22-8-10-3-1-2-6-23-10/h10H,1-9H2,(H3,16,17,18,21). The van der Waals surface area contributed by atoms with Gasteiger partial charge in [0.1, 0.15) is 6.61 Å². The molecule has 3 N–H and O–H groups in total. The molecule has 8 nitrogen and oxygen atoms in total. The Labute approximate surface area is 134 Å². The van der Waals surface area contributed by atoms with Crippen molar-refractivity contribution in [2.24, 2.45) is 0 Å². The fourth-order valence-electron chi connectivity index (χ4n) is 2.98. The van der Waals surface area contributed by atoms with E-state index in [4.69, 9.17) is 15.2 Å². The number of hydrogen-bond donors (Lipinski definition) is 2. The van der Waals surface area contributed by atoms with Gasteiger partial charge in [0.15, 0.2) is 0 Å². The highest BCUT2D eigenvalue weighted by Gasteiger charge is 2.24. The lowest BCUT2D eigenvalue weighted by Gasteiger charge is -2.28. The van der Waals surface area contributed by atoms with Crippen molar-refractivity contribution >= 4 is 11.9 Å². The van der Waals surface area contributed by atoms with Crippen molar-refractivity contribution in [2.45, 2.75) is 38.3 Å². The van der Waals surface area contributed by atoms with E-state index in [-0.39, 0.29) is 30.1 Å². The number of anilines is 1. The summed E-state index contributed by atoms with van der Waals surface area (Å²) in [5.41, 5.74) is 6.52. The van der Waals surface area contributed by atoms with E-state index in [0.29, 0.717) is 37.4 Å². The zero-order valence-corrected chi connectivity index (χ0v) is 13.0. The van der Waals surface area contributed by atoms with E-state index in [2.05, 4.69) is 9.97 Å². The Hall–Kier alpha value is -1.93. The molecule has 1 saturated heterocycles. The fourth-order valence-corrected chi connectivity index (χ4v) is 2.98. The summed E-state index contributed by atoms with van der Waals surface area (Å²) in [6.45, 7) is 2.02. The van der Waals surface area contributed by atoms with Crippen molar-refractivity contribution < 1.29 is 14.3 Å². The first kappa shape index (κ1) is 15.9. The van der Waals surface area contributed by atoms with Crippen LogP contribution in [-0.4, -0.2) is 53.2 Å².